The van der Waals surface area contributed by atoms with Crippen molar-refractivity contribution in [3.05, 3.63) is 12.7 Å². The van der Waals surface area contributed by atoms with Crippen molar-refractivity contribution in [3.63, 3.8) is 0 Å². The van der Waals surface area contributed by atoms with Crippen LogP contribution in [0.4, 0.5) is 4.39 Å². The highest BCUT2D eigenvalue weighted by atomic mass is 32.1. The molecule has 2 nitrogen and oxygen atoms in total. The van der Waals surface area contributed by atoms with Crippen LogP contribution in [0.5, 0.6) is 0 Å². The molecule has 12 heavy (non-hydrogen) atoms. The predicted molar refractivity (Wildman–Crippen MR) is 51.3 cm³/mol. The maximum atomic E-state index is 13.4. The van der Waals surface area contributed by atoms with E-state index in [2.05, 4.69) is 31.8 Å². The van der Waals surface area contributed by atoms with Crippen molar-refractivity contribution >= 4 is 35.5 Å². The Morgan fingerprint density at radius 3 is 2.25 bits per heavy atom. The van der Waals surface area contributed by atoms with Crippen molar-refractivity contribution in [3.8, 4) is 0 Å². The van der Waals surface area contributed by atoms with Crippen molar-refractivity contribution in [2.45, 2.75) is 18.5 Å². The monoisotopic (exact) mass is 208 g/mol. The molecule has 0 spiro atoms. The summed E-state index contributed by atoms with van der Waals surface area (Å²) in [6, 6.07) is 0. The summed E-state index contributed by atoms with van der Waals surface area (Å²) in [4.78, 5) is 21.1. The van der Waals surface area contributed by atoms with E-state index in [1.807, 2.05) is 0 Å². The first-order chi connectivity index (χ1) is 5.42. The summed E-state index contributed by atoms with van der Waals surface area (Å²) in [6.45, 7) is 3.27. The maximum absolute atomic E-state index is 13.4. The van der Waals surface area contributed by atoms with Gasteiger partial charge in [-0.2, -0.15) is 0 Å². The molecule has 0 rings (SSSR count). The first-order valence-electron chi connectivity index (χ1n) is 3.17. The van der Waals surface area contributed by atoms with Crippen LogP contribution in [0.1, 0.15) is 12.8 Å². The molecule has 1 atom stereocenters. The van der Waals surface area contributed by atoms with Gasteiger partial charge >= 0.3 is 0 Å². The lowest BCUT2D eigenvalue weighted by atomic mass is 10.0. The summed E-state index contributed by atoms with van der Waals surface area (Å²) in [7, 11) is 0. The predicted octanol–water partition coefficient (Wildman–Crippen LogP) is 1.57. The quantitative estimate of drug-likeness (QED) is 0.531. The first-order valence-corrected chi connectivity index (χ1v) is 4.07. The van der Waals surface area contributed by atoms with Gasteiger partial charge in [0.05, 0.1) is 6.42 Å². The second kappa shape index (κ2) is 4.67. The number of carbonyl (C=O) groups excluding carboxylic acids is 2. The Morgan fingerprint density at radius 1 is 1.50 bits per heavy atom. The number of allylic oxidation sites excluding steroid dienone is 1. The fraction of sp³-hybridized carbons (Fsp3) is 0.429. The third kappa shape index (κ3) is 3.40. The first kappa shape index (κ1) is 11.7. The zero-order valence-electron chi connectivity index (χ0n) is 6.29. The lowest BCUT2D eigenvalue weighted by Crippen LogP contribution is -2.31. The number of halogens is 1. The average molecular weight is 208 g/mol. The van der Waals surface area contributed by atoms with Gasteiger partial charge in [-0.3, -0.25) is 9.59 Å². The molecule has 0 fully saturated rings. The summed E-state index contributed by atoms with van der Waals surface area (Å²) in [5.74, 6) is 0. The van der Waals surface area contributed by atoms with E-state index in [0.29, 0.717) is 0 Å². The van der Waals surface area contributed by atoms with E-state index < -0.39 is 22.3 Å². The Bertz CT molecular complexity index is 217. The van der Waals surface area contributed by atoms with Gasteiger partial charge in [-0.05, 0) is 0 Å². The molecule has 0 saturated heterocycles. The number of carbonyl (C=O) groups is 2. The molecule has 0 aromatic rings. The van der Waals surface area contributed by atoms with Gasteiger partial charge in [-0.1, -0.05) is 6.08 Å². The molecule has 0 saturated carbocycles. The minimum Gasteiger partial charge on any atom is -0.287 e. The molecule has 0 aliphatic carbocycles. The van der Waals surface area contributed by atoms with E-state index in [0.717, 1.165) is 0 Å². The Kier molecular flexibility index (Phi) is 4.55. The number of rotatable bonds is 5. The summed E-state index contributed by atoms with van der Waals surface area (Å²) in [5.41, 5.74) is -2.25. The SMILES string of the molecule is C=CCC(F)(CC(=O)S)C(=O)S. The molecular formula is C7H9FO2S2. The van der Waals surface area contributed by atoms with E-state index in [1.54, 1.807) is 0 Å². The van der Waals surface area contributed by atoms with E-state index >= 15 is 0 Å². The molecule has 0 amide bonds. The van der Waals surface area contributed by atoms with Crippen molar-refractivity contribution < 1.29 is 14.0 Å². The molecule has 1 unspecified atom stereocenters. The van der Waals surface area contributed by atoms with Gasteiger partial charge in [0.15, 0.2) is 10.8 Å². The summed E-state index contributed by atoms with van der Waals surface area (Å²) < 4.78 is 13.4. The van der Waals surface area contributed by atoms with Crippen LogP contribution in [-0.4, -0.2) is 15.9 Å². The van der Waals surface area contributed by atoms with Gasteiger partial charge in [-0.25, -0.2) is 4.39 Å². The zero-order chi connectivity index (χ0) is 9.78. The third-order valence-corrected chi connectivity index (χ3v) is 1.84. The number of hydrogen-bond acceptors (Lipinski definition) is 2. The van der Waals surface area contributed by atoms with Crippen LogP contribution in [-0.2, 0) is 9.59 Å². The Morgan fingerprint density at radius 2 is 2.00 bits per heavy atom. The third-order valence-electron chi connectivity index (χ3n) is 1.28. The molecule has 5 heteroatoms. The fourth-order valence-corrected chi connectivity index (χ4v) is 1.12. The van der Waals surface area contributed by atoms with E-state index in [9.17, 15) is 14.0 Å². The minimum absolute atomic E-state index is 0.221. The van der Waals surface area contributed by atoms with Crippen molar-refractivity contribution in [1.29, 1.82) is 0 Å². The van der Waals surface area contributed by atoms with E-state index in [1.165, 1.54) is 6.08 Å². The molecule has 0 N–H and O–H groups in total. The Labute approximate surface area is 81.0 Å². The molecule has 0 heterocycles. The zero-order valence-corrected chi connectivity index (χ0v) is 8.08. The van der Waals surface area contributed by atoms with E-state index in [-0.39, 0.29) is 6.42 Å². The van der Waals surface area contributed by atoms with Crippen LogP contribution in [0.15, 0.2) is 12.7 Å². The van der Waals surface area contributed by atoms with Gasteiger partial charge < -0.3 is 0 Å². The molecule has 0 bridgehead atoms. The minimum atomic E-state index is -2.25. The molecule has 0 aliphatic heterocycles. The Balaban J connectivity index is 4.49. The molecule has 0 aromatic heterocycles. The molecule has 0 aliphatic rings. The van der Waals surface area contributed by atoms with Crippen molar-refractivity contribution in [2.75, 3.05) is 0 Å². The number of hydrogen-bond donors (Lipinski definition) is 2. The average Bonchev–Trinajstić information content (AvgIpc) is 1.85. The van der Waals surface area contributed by atoms with Crippen LogP contribution >= 0.6 is 25.3 Å². The number of thiol groups is 2. The molecular weight excluding hydrogens is 199 g/mol. The fourth-order valence-electron chi connectivity index (χ4n) is 0.704. The van der Waals surface area contributed by atoms with Crippen molar-refractivity contribution in [1.82, 2.24) is 0 Å². The normalized spacial score (nSPS) is 14.9. The molecule has 0 radical (unpaired) electrons. The lowest BCUT2D eigenvalue weighted by Gasteiger charge is -2.17. The van der Waals surface area contributed by atoms with Crippen molar-refractivity contribution in [2.24, 2.45) is 0 Å². The highest BCUT2D eigenvalue weighted by molar-refractivity contribution is 7.97. The highest BCUT2D eigenvalue weighted by Gasteiger charge is 2.36. The topological polar surface area (TPSA) is 34.1 Å². The standard InChI is InChI=1S/C7H9FO2S2/c1-2-3-7(8,6(10)12)4-5(9)11/h2H,1,3-4H2,(H,9,11)(H,10,12). The van der Waals surface area contributed by atoms with Gasteiger partial charge in [0, 0.05) is 6.42 Å². The van der Waals surface area contributed by atoms with Gasteiger partial charge in [0.25, 0.3) is 0 Å². The van der Waals surface area contributed by atoms with E-state index in [4.69, 9.17) is 0 Å². The molecule has 68 valence electrons. The summed E-state index contributed by atoms with van der Waals surface area (Å²) in [6.07, 6.45) is 0.441. The van der Waals surface area contributed by atoms with Gasteiger partial charge in [-0.15, -0.1) is 31.8 Å². The second-order valence-corrected chi connectivity index (χ2v) is 3.24. The van der Waals surface area contributed by atoms with Crippen LogP contribution in [0.25, 0.3) is 0 Å². The van der Waals surface area contributed by atoms with Gasteiger partial charge in [0.2, 0.25) is 5.12 Å². The maximum Gasteiger partial charge on any atom is 0.223 e. The highest BCUT2D eigenvalue weighted by Crippen LogP contribution is 2.25. The van der Waals surface area contributed by atoms with Crippen LogP contribution in [0.2, 0.25) is 0 Å². The van der Waals surface area contributed by atoms with Crippen LogP contribution in [0.3, 0.4) is 0 Å². The van der Waals surface area contributed by atoms with Crippen LogP contribution < -0.4 is 0 Å². The smallest absolute Gasteiger partial charge is 0.223 e. The Hall–Kier alpha value is -0.290. The van der Waals surface area contributed by atoms with Crippen LogP contribution in [0, 0.1) is 0 Å². The largest absolute Gasteiger partial charge is 0.287 e. The number of alkyl halides is 1. The van der Waals surface area contributed by atoms with Gasteiger partial charge in [0.1, 0.15) is 0 Å². The molecule has 0 aromatic carbocycles. The summed E-state index contributed by atoms with van der Waals surface area (Å²) in [5, 5.41) is -1.65. The summed E-state index contributed by atoms with van der Waals surface area (Å²) >= 11 is 6.72. The lowest BCUT2D eigenvalue weighted by molar-refractivity contribution is -0.125. The second-order valence-electron chi connectivity index (χ2n) is 2.33.